The number of benzene rings is 3. The van der Waals surface area contributed by atoms with Gasteiger partial charge in [0.15, 0.2) is 0 Å². The normalized spacial score (nSPS) is 20.9. The number of carbonyl (C=O) groups excluding carboxylic acids is 1. The van der Waals surface area contributed by atoms with E-state index in [0.29, 0.717) is 23.8 Å². The summed E-state index contributed by atoms with van der Waals surface area (Å²) in [5.41, 5.74) is 1.54. The van der Waals surface area contributed by atoms with Crippen LogP contribution in [0.15, 0.2) is 106 Å². The number of hydrogen-bond acceptors (Lipinski definition) is 12. The van der Waals surface area contributed by atoms with E-state index in [1.807, 2.05) is 91.9 Å². The van der Waals surface area contributed by atoms with E-state index < -0.39 is 38.5 Å². The van der Waals surface area contributed by atoms with Gasteiger partial charge in [-0.15, -0.1) is 0 Å². The zero-order valence-electron chi connectivity index (χ0n) is 35.0. The summed E-state index contributed by atoms with van der Waals surface area (Å²) in [7, 11) is 5.29. The molecule has 3 aliphatic heterocycles. The van der Waals surface area contributed by atoms with Gasteiger partial charge in [-0.2, -0.15) is 15.2 Å². The summed E-state index contributed by atoms with van der Waals surface area (Å²) in [4.78, 5) is 30.0. The van der Waals surface area contributed by atoms with Crippen molar-refractivity contribution >= 4 is 32.6 Å². The highest BCUT2D eigenvalue weighted by atomic mass is 31.2. The molecule has 3 heterocycles. The van der Waals surface area contributed by atoms with Crippen LogP contribution in [0.1, 0.15) is 57.2 Å². The molecule has 0 N–H and O–H groups in total. The van der Waals surface area contributed by atoms with Crippen LogP contribution in [0.4, 0.5) is 0 Å². The van der Waals surface area contributed by atoms with Gasteiger partial charge in [0.25, 0.3) is 20.4 Å². The number of carbonyl (C=O) groups is 1. The van der Waals surface area contributed by atoms with Crippen LogP contribution in [0.5, 0.6) is 11.5 Å². The molecule has 15 heteroatoms. The number of guanidine groups is 1. The number of aliphatic imine (C=N–C) groups is 3. The van der Waals surface area contributed by atoms with Crippen molar-refractivity contribution in [2.75, 3.05) is 41.5 Å². The Morgan fingerprint density at radius 3 is 2.12 bits per heavy atom. The zero-order valence-corrected chi connectivity index (χ0v) is 35.9. The number of amides is 1. The number of fused-ring (bicyclic) bond motifs is 1. The van der Waals surface area contributed by atoms with E-state index in [1.54, 1.807) is 31.5 Å². The molecule has 2 unspecified atom stereocenters. The standard InChI is InChI=1S/C44H54N7O7P/c1-30(2)51(31(3)4)59(56-26-12-24-45)58-38-27-40(50-25-23-37-41(50)47-43(48-42(37)52)46-29-49(5)6)57-39(38)28-55-44(32-13-10-9-11-14-32,33-15-19-35(53-7)20-16-33)34-17-21-36(54-8)22-18-34/h9-11,13-23,25,29-31,37-40H,12,26-28H2,1-8H3/b46-29+/t37?,38-,39+,40+,59?/m0/s1. The van der Waals surface area contributed by atoms with E-state index in [4.69, 9.17) is 33.0 Å². The van der Waals surface area contributed by atoms with Gasteiger partial charge in [-0.3, -0.25) is 4.79 Å². The average Bonchev–Trinajstić information content (AvgIpc) is 3.85. The van der Waals surface area contributed by atoms with Crippen molar-refractivity contribution in [1.82, 2.24) is 14.5 Å². The first-order valence-corrected chi connectivity index (χ1v) is 20.9. The molecule has 6 rings (SSSR count). The fraction of sp³-hybridized carbons (Fsp3) is 0.432. The fourth-order valence-electron chi connectivity index (χ4n) is 7.41. The van der Waals surface area contributed by atoms with Crippen LogP contribution < -0.4 is 9.47 Å². The van der Waals surface area contributed by atoms with Gasteiger partial charge in [0.1, 0.15) is 41.2 Å². The van der Waals surface area contributed by atoms with Gasteiger partial charge in [-0.05, 0) is 74.7 Å². The second-order valence-electron chi connectivity index (χ2n) is 15.0. The van der Waals surface area contributed by atoms with Crippen LogP contribution >= 0.6 is 8.53 Å². The van der Waals surface area contributed by atoms with Crippen molar-refractivity contribution in [3.8, 4) is 17.6 Å². The number of nitriles is 1. The smallest absolute Gasteiger partial charge is 0.263 e. The van der Waals surface area contributed by atoms with E-state index in [9.17, 15) is 10.1 Å². The maximum absolute atomic E-state index is 13.2. The Labute approximate surface area is 348 Å². The van der Waals surface area contributed by atoms with Crippen molar-refractivity contribution in [3.05, 3.63) is 108 Å². The summed E-state index contributed by atoms with van der Waals surface area (Å²) < 4.78 is 41.1. The molecule has 0 radical (unpaired) electrons. The molecule has 3 aliphatic rings. The van der Waals surface area contributed by atoms with E-state index in [-0.39, 0.29) is 43.6 Å². The van der Waals surface area contributed by atoms with Crippen LogP contribution in [-0.4, -0.2) is 111 Å². The van der Waals surface area contributed by atoms with Gasteiger partial charge in [-0.25, -0.2) is 9.66 Å². The highest BCUT2D eigenvalue weighted by Crippen LogP contribution is 2.50. The van der Waals surface area contributed by atoms with Gasteiger partial charge in [0.05, 0.1) is 52.4 Å². The number of ether oxygens (including phenoxy) is 4. The monoisotopic (exact) mass is 823 g/mol. The second kappa shape index (κ2) is 19.8. The van der Waals surface area contributed by atoms with Gasteiger partial charge >= 0.3 is 0 Å². The summed E-state index contributed by atoms with van der Waals surface area (Å²) in [6, 6.07) is 28.2. The highest BCUT2D eigenvalue weighted by molar-refractivity contribution is 7.44. The van der Waals surface area contributed by atoms with Crippen molar-refractivity contribution in [1.29, 1.82) is 5.26 Å². The molecule has 312 valence electrons. The van der Waals surface area contributed by atoms with Crippen LogP contribution in [-0.2, 0) is 28.9 Å². The molecule has 1 amide bonds. The molecule has 14 nitrogen and oxygen atoms in total. The van der Waals surface area contributed by atoms with Crippen LogP contribution in [0, 0.1) is 17.2 Å². The molecule has 1 fully saturated rings. The van der Waals surface area contributed by atoms with Crippen LogP contribution in [0.25, 0.3) is 0 Å². The minimum atomic E-state index is -1.65. The average molecular weight is 824 g/mol. The Bertz CT molecular complexity index is 1980. The van der Waals surface area contributed by atoms with Crippen LogP contribution in [0.3, 0.4) is 0 Å². The number of amidine groups is 1. The topological polar surface area (TPSA) is 143 Å². The maximum Gasteiger partial charge on any atom is 0.263 e. The first-order chi connectivity index (χ1) is 28.5. The van der Waals surface area contributed by atoms with Gasteiger partial charge in [0.2, 0.25) is 0 Å². The molecule has 59 heavy (non-hydrogen) atoms. The first-order valence-electron chi connectivity index (χ1n) is 19.8. The predicted molar refractivity (Wildman–Crippen MR) is 228 cm³/mol. The van der Waals surface area contributed by atoms with Crippen LogP contribution in [0.2, 0.25) is 0 Å². The van der Waals surface area contributed by atoms with E-state index in [1.165, 1.54) is 0 Å². The third-order valence-corrected chi connectivity index (χ3v) is 12.2. The van der Waals surface area contributed by atoms with E-state index in [2.05, 4.69) is 60.6 Å². The second-order valence-corrected chi connectivity index (χ2v) is 16.4. The number of nitrogens with zero attached hydrogens (tertiary/aromatic N) is 7. The molecule has 0 bridgehead atoms. The van der Waals surface area contributed by atoms with Crippen molar-refractivity contribution in [3.63, 3.8) is 0 Å². The lowest BCUT2D eigenvalue weighted by Gasteiger charge is -2.39. The van der Waals surface area contributed by atoms with Crippen molar-refractivity contribution in [2.45, 2.75) is 76.7 Å². The van der Waals surface area contributed by atoms with Crippen molar-refractivity contribution in [2.24, 2.45) is 20.9 Å². The Kier molecular flexibility index (Phi) is 14.6. The van der Waals surface area contributed by atoms with Crippen molar-refractivity contribution < 1.29 is 32.8 Å². The summed E-state index contributed by atoms with van der Waals surface area (Å²) in [6.07, 6.45) is 4.02. The minimum Gasteiger partial charge on any atom is -0.497 e. The lowest BCUT2D eigenvalue weighted by molar-refractivity contribution is -0.118. The van der Waals surface area contributed by atoms with E-state index in [0.717, 1.165) is 16.7 Å². The number of hydrogen-bond donors (Lipinski definition) is 0. The number of rotatable bonds is 18. The Morgan fingerprint density at radius 2 is 1.56 bits per heavy atom. The zero-order chi connectivity index (χ0) is 42.1. The first kappa shape index (κ1) is 43.6. The molecule has 5 atom stereocenters. The minimum absolute atomic E-state index is 0.0693. The third kappa shape index (κ3) is 9.90. The molecule has 1 saturated heterocycles. The van der Waals surface area contributed by atoms with E-state index >= 15 is 0 Å². The molecule has 0 aromatic heterocycles. The Morgan fingerprint density at radius 1 is 0.949 bits per heavy atom. The summed E-state index contributed by atoms with van der Waals surface area (Å²) in [5.74, 6) is 0.969. The third-order valence-electron chi connectivity index (χ3n) is 10.1. The molecule has 0 saturated carbocycles. The molecule has 0 aliphatic carbocycles. The quantitative estimate of drug-likeness (QED) is 0.0426. The summed E-state index contributed by atoms with van der Waals surface area (Å²) in [5, 5.41) is 9.40. The van der Waals surface area contributed by atoms with Gasteiger partial charge in [0, 0.05) is 38.8 Å². The summed E-state index contributed by atoms with van der Waals surface area (Å²) in [6.45, 7) is 8.71. The molecule has 3 aromatic carbocycles. The van der Waals surface area contributed by atoms with Gasteiger partial charge in [-0.1, -0.05) is 54.6 Å². The molecule has 3 aromatic rings. The summed E-state index contributed by atoms with van der Waals surface area (Å²) >= 11 is 0. The SMILES string of the molecule is COc1ccc(C(OC[C@H]2O[C@@H](N3C=CC4C(=O)N=C(/N=C/N(C)C)N=C43)C[C@@H]2OP(OCCC#N)N(C(C)C)C(C)C)(c2ccccc2)c2ccc(OC)cc2)cc1. The Hall–Kier alpha value is -5.00. The lowest BCUT2D eigenvalue weighted by Crippen LogP contribution is -2.41. The highest BCUT2D eigenvalue weighted by Gasteiger charge is 2.48. The largest absolute Gasteiger partial charge is 0.497 e. The molecular formula is C44H54N7O7P. The Balaban J connectivity index is 1.41. The lowest BCUT2D eigenvalue weighted by atomic mass is 9.80. The maximum atomic E-state index is 13.2. The van der Waals surface area contributed by atoms with Gasteiger partial charge < -0.3 is 37.8 Å². The fourth-order valence-corrected chi connectivity index (χ4v) is 9.17. The molecule has 0 spiro atoms. The number of methoxy groups -OCH3 is 2. The predicted octanol–water partition coefficient (Wildman–Crippen LogP) is 7.12. The molecular weight excluding hydrogens is 769 g/mol.